The Balaban J connectivity index is 1.19. The molecule has 3 aromatic carbocycles. The fraction of sp³-hybridized carbons (Fsp3) is 0.412. The quantitative estimate of drug-likeness (QED) is 0.301. The van der Waals surface area contributed by atoms with Crippen LogP contribution in [0.1, 0.15) is 24.0 Å². The number of halogens is 1. The summed E-state index contributed by atoms with van der Waals surface area (Å²) in [6.07, 6.45) is 2.49. The molecule has 1 aromatic heterocycles. The van der Waals surface area contributed by atoms with E-state index in [0.29, 0.717) is 42.0 Å². The second kappa shape index (κ2) is 11.3. The lowest BCUT2D eigenvalue weighted by atomic mass is 9.94. The molecule has 8 nitrogen and oxygen atoms in total. The summed E-state index contributed by atoms with van der Waals surface area (Å²) in [4.78, 5) is 11.4. The zero-order valence-electron chi connectivity index (χ0n) is 25.1. The molecule has 2 fully saturated rings. The van der Waals surface area contributed by atoms with E-state index in [2.05, 4.69) is 60.3 Å². The van der Waals surface area contributed by atoms with Gasteiger partial charge < -0.3 is 19.9 Å². The minimum Gasteiger partial charge on any atom is -0.489 e. The van der Waals surface area contributed by atoms with Crippen molar-refractivity contribution >= 4 is 22.3 Å². The number of anilines is 1. The number of piperazine rings is 1. The van der Waals surface area contributed by atoms with Gasteiger partial charge in [0.05, 0.1) is 29.5 Å². The van der Waals surface area contributed by atoms with Gasteiger partial charge in [-0.3, -0.25) is 10.00 Å². The lowest BCUT2D eigenvalue weighted by Gasteiger charge is -2.48. The summed E-state index contributed by atoms with van der Waals surface area (Å²) in [5.41, 5.74) is 6.67. The van der Waals surface area contributed by atoms with Gasteiger partial charge in [0.2, 0.25) is 0 Å². The SMILES string of the molecule is [C-]#[N+]c1cc2[nH]nc(-c3ccc4c(c3)OCC3CN(C5CCN(C)CC5)CCN43)c2cc1-c1c(C)cc(CNC)cc1F. The lowest BCUT2D eigenvalue weighted by Crippen LogP contribution is -2.60. The topological polar surface area (TPSA) is 64.0 Å². The molecule has 1 atom stereocenters. The third-order valence-electron chi connectivity index (χ3n) is 9.49. The molecule has 0 spiro atoms. The molecule has 0 aliphatic carbocycles. The van der Waals surface area contributed by atoms with E-state index in [-0.39, 0.29) is 5.82 Å². The number of hydrogen-bond donors (Lipinski definition) is 2. The van der Waals surface area contributed by atoms with Gasteiger partial charge in [-0.2, -0.15) is 5.10 Å². The van der Waals surface area contributed by atoms with Crippen LogP contribution in [-0.4, -0.2) is 85.5 Å². The van der Waals surface area contributed by atoms with Gasteiger partial charge in [-0.05, 0) is 87.9 Å². The van der Waals surface area contributed by atoms with Gasteiger partial charge in [0.15, 0.2) is 5.69 Å². The summed E-state index contributed by atoms with van der Waals surface area (Å²) in [7, 11) is 4.06. The first-order chi connectivity index (χ1) is 20.9. The number of likely N-dealkylation sites (tertiary alicyclic amines) is 1. The first-order valence-electron chi connectivity index (χ1n) is 15.2. The molecule has 0 radical (unpaired) electrons. The van der Waals surface area contributed by atoms with Gasteiger partial charge >= 0.3 is 0 Å². The fourth-order valence-electron chi connectivity index (χ4n) is 7.26. The standard InChI is InChI=1S/C34H38FN7O/c1-21-13-22(18-36-2)14-28(35)33(21)26-16-27-30(17-29(26)37-3)38-39-34(27)23-5-6-31-32(15-23)43-20-25-19-41(11-12-42(25)31)24-7-9-40(4)10-8-24/h5-6,13-17,24-25,36H,7-12,18-20H2,1-2,4H3,(H,38,39). The summed E-state index contributed by atoms with van der Waals surface area (Å²) in [5.74, 6) is 0.546. The van der Waals surface area contributed by atoms with Crippen molar-refractivity contribution in [3.05, 3.63) is 70.8 Å². The summed E-state index contributed by atoms with van der Waals surface area (Å²) in [6.45, 7) is 16.4. The largest absolute Gasteiger partial charge is 0.489 e. The van der Waals surface area contributed by atoms with Crippen LogP contribution < -0.4 is 15.0 Å². The Hall–Kier alpha value is -3.97. The second-order valence-corrected chi connectivity index (χ2v) is 12.3. The Morgan fingerprint density at radius 1 is 1.09 bits per heavy atom. The molecule has 0 amide bonds. The maximum Gasteiger partial charge on any atom is 0.197 e. The molecule has 4 heterocycles. The van der Waals surface area contributed by atoms with Crippen LogP contribution in [0.25, 0.3) is 38.1 Å². The Morgan fingerprint density at radius 2 is 1.93 bits per heavy atom. The lowest BCUT2D eigenvalue weighted by molar-refractivity contribution is 0.0868. The third-order valence-corrected chi connectivity index (χ3v) is 9.49. The Morgan fingerprint density at radius 3 is 2.70 bits per heavy atom. The summed E-state index contributed by atoms with van der Waals surface area (Å²) < 4.78 is 21.9. The summed E-state index contributed by atoms with van der Waals surface area (Å²) >= 11 is 0. The predicted octanol–water partition coefficient (Wildman–Crippen LogP) is 5.59. The van der Waals surface area contributed by atoms with Crippen molar-refractivity contribution in [2.24, 2.45) is 0 Å². The van der Waals surface area contributed by atoms with Crippen LogP contribution >= 0.6 is 0 Å². The van der Waals surface area contributed by atoms with E-state index in [4.69, 9.17) is 11.3 Å². The van der Waals surface area contributed by atoms with Crippen LogP contribution in [0, 0.1) is 19.3 Å². The number of aryl methyl sites for hydroxylation is 1. The van der Waals surface area contributed by atoms with Crippen LogP contribution in [0.3, 0.4) is 0 Å². The molecular formula is C34H38FN7O. The number of piperidine rings is 1. The molecule has 3 aliphatic heterocycles. The number of H-pyrrole nitrogens is 1. The number of fused-ring (bicyclic) bond motifs is 4. The van der Waals surface area contributed by atoms with Gasteiger partial charge in [0.1, 0.15) is 18.2 Å². The first kappa shape index (κ1) is 27.8. The monoisotopic (exact) mass is 579 g/mol. The van der Waals surface area contributed by atoms with Crippen molar-refractivity contribution in [3.8, 4) is 28.1 Å². The van der Waals surface area contributed by atoms with E-state index in [1.807, 2.05) is 26.1 Å². The number of nitrogens with zero attached hydrogens (tertiary/aromatic N) is 5. The highest BCUT2D eigenvalue weighted by atomic mass is 19.1. The van der Waals surface area contributed by atoms with E-state index < -0.39 is 0 Å². The van der Waals surface area contributed by atoms with E-state index in [9.17, 15) is 0 Å². The van der Waals surface area contributed by atoms with E-state index in [1.54, 1.807) is 12.1 Å². The third kappa shape index (κ3) is 5.03. The fourth-order valence-corrected chi connectivity index (χ4v) is 7.26. The molecule has 0 saturated carbocycles. The summed E-state index contributed by atoms with van der Waals surface area (Å²) in [5, 5.41) is 11.7. The van der Waals surface area contributed by atoms with Crippen LogP contribution in [0.15, 0.2) is 42.5 Å². The minimum absolute atomic E-state index is 0.327. The number of aromatic nitrogens is 2. The molecule has 2 saturated heterocycles. The number of nitrogens with one attached hydrogen (secondary N) is 2. The smallest absolute Gasteiger partial charge is 0.197 e. The molecule has 7 rings (SSSR count). The average Bonchev–Trinajstić information content (AvgIpc) is 3.43. The van der Waals surface area contributed by atoms with Gasteiger partial charge in [0.25, 0.3) is 0 Å². The van der Waals surface area contributed by atoms with Crippen molar-refractivity contribution in [1.29, 1.82) is 0 Å². The highest BCUT2D eigenvalue weighted by Gasteiger charge is 2.36. The van der Waals surface area contributed by atoms with Gasteiger partial charge in [0, 0.05) is 48.7 Å². The van der Waals surface area contributed by atoms with Crippen molar-refractivity contribution in [1.82, 2.24) is 25.3 Å². The molecular weight excluding hydrogens is 541 g/mol. The van der Waals surface area contributed by atoms with E-state index in [1.165, 1.54) is 25.9 Å². The zero-order chi connectivity index (χ0) is 29.7. The Bertz CT molecular complexity index is 1690. The maximum atomic E-state index is 15.5. The van der Waals surface area contributed by atoms with Crippen molar-refractivity contribution in [3.63, 3.8) is 0 Å². The average molecular weight is 580 g/mol. The Labute approximate surface area is 252 Å². The van der Waals surface area contributed by atoms with Crippen LogP contribution in [-0.2, 0) is 6.54 Å². The van der Waals surface area contributed by atoms with Gasteiger partial charge in [-0.25, -0.2) is 9.24 Å². The van der Waals surface area contributed by atoms with E-state index in [0.717, 1.165) is 64.4 Å². The van der Waals surface area contributed by atoms with Crippen molar-refractivity contribution < 1.29 is 9.13 Å². The number of rotatable bonds is 5. The zero-order valence-corrected chi connectivity index (χ0v) is 25.1. The molecule has 2 N–H and O–H groups in total. The summed E-state index contributed by atoms with van der Waals surface area (Å²) in [6, 6.07) is 14.6. The van der Waals surface area contributed by atoms with E-state index >= 15 is 4.39 Å². The van der Waals surface area contributed by atoms with Gasteiger partial charge in [-0.1, -0.05) is 18.2 Å². The molecule has 9 heteroatoms. The number of aromatic amines is 1. The minimum atomic E-state index is -0.327. The van der Waals surface area contributed by atoms with Crippen LogP contribution in [0.5, 0.6) is 5.75 Å². The number of benzene rings is 3. The second-order valence-electron chi connectivity index (χ2n) is 12.3. The highest BCUT2D eigenvalue weighted by Crippen LogP contribution is 2.43. The van der Waals surface area contributed by atoms with Crippen LogP contribution in [0.4, 0.5) is 15.8 Å². The molecule has 1 unspecified atom stereocenters. The highest BCUT2D eigenvalue weighted by molar-refractivity contribution is 6.00. The molecule has 43 heavy (non-hydrogen) atoms. The first-order valence-corrected chi connectivity index (χ1v) is 15.2. The van der Waals surface area contributed by atoms with Crippen molar-refractivity contribution in [2.75, 3.05) is 58.3 Å². The van der Waals surface area contributed by atoms with Crippen LogP contribution in [0.2, 0.25) is 0 Å². The molecule has 3 aliphatic rings. The normalized spacial score (nSPS) is 19.6. The molecule has 0 bridgehead atoms. The predicted molar refractivity (Wildman–Crippen MR) is 169 cm³/mol. The number of hydrogen-bond acceptors (Lipinski definition) is 6. The molecule has 222 valence electrons. The molecule has 4 aromatic rings. The number of ether oxygens (including phenoxy) is 1. The maximum absolute atomic E-state index is 15.5. The van der Waals surface area contributed by atoms with Gasteiger partial charge in [-0.15, -0.1) is 0 Å². The Kier molecular flexibility index (Phi) is 7.29. The van der Waals surface area contributed by atoms with Crippen molar-refractivity contribution in [2.45, 2.75) is 38.4 Å².